The van der Waals surface area contributed by atoms with Crippen molar-refractivity contribution in [2.24, 2.45) is 10.9 Å². The molecule has 1 unspecified atom stereocenters. The summed E-state index contributed by atoms with van der Waals surface area (Å²) in [6.07, 6.45) is 0.501. The van der Waals surface area contributed by atoms with Crippen molar-refractivity contribution >= 4 is 47.4 Å². The molecule has 144 valence electrons. The molecule has 1 aromatic rings. The topological polar surface area (TPSA) is 74.8 Å². The van der Waals surface area contributed by atoms with E-state index in [2.05, 4.69) is 40.9 Å². The zero-order valence-electron chi connectivity index (χ0n) is 15.5. The van der Waals surface area contributed by atoms with E-state index in [9.17, 15) is 4.79 Å². The number of nitrogens with one attached hydrogen (secondary N) is 3. The highest BCUT2D eigenvalue weighted by molar-refractivity contribution is 14.0. The fourth-order valence-electron chi connectivity index (χ4n) is 2.22. The minimum Gasteiger partial charge on any atom is -0.450 e. The van der Waals surface area contributed by atoms with E-state index < -0.39 is 0 Å². The van der Waals surface area contributed by atoms with Gasteiger partial charge in [0.25, 0.3) is 0 Å². The Morgan fingerprint density at radius 2 is 2.08 bits per heavy atom. The van der Waals surface area contributed by atoms with Crippen LogP contribution in [0.2, 0.25) is 0 Å². The van der Waals surface area contributed by atoms with Crippen molar-refractivity contribution in [3.63, 3.8) is 0 Å². The molecular formula is C17H31IN4O2S. The molecule has 0 saturated carbocycles. The third kappa shape index (κ3) is 11.2. The van der Waals surface area contributed by atoms with Gasteiger partial charge in [0.15, 0.2) is 5.96 Å². The van der Waals surface area contributed by atoms with Gasteiger partial charge in [-0.15, -0.1) is 35.3 Å². The van der Waals surface area contributed by atoms with Crippen LogP contribution in [0.25, 0.3) is 0 Å². The summed E-state index contributed by atoms with van der Waals surface area (Å²) in [5, 5.41) is 11.5. The van der Waals surface area contributed by atoms with Crippen LogP contribution in [-0.4, -0.2) is 37.8 Å². The largest absolute Gasteiger partial charge is 0.450 e. The molecule has 1 atom stereocenters. The number of carbonyl (C=O) groups excluding carboxylic acids is 1. The predicted molar refractivity (Wildman–Crippen MR) is 116 cm³/mol. The zero-order valence-corrected chi connectivity index (χ0v) is 18.6. The van der Waals surface area contributed by atoms with Crippen molar-refractivity contribution in [2.75, 3.05) is 19.7 Å². The number of hydrogen-bond donors (Lipinski definition) is 3. The van der Waals surface area contributed by atoms with Crippen LogP contribution in [-0.2, 0) is 11.3 Å². The molecule has 0 aliphatic heterocycles. The van der Waals surface area contributed by atoms with E-state index in [0.717, 1.165) is 18.9 Å². The number of halogens is 1. The number of ether oxygens (including phenoxy) is 1. The molecule has 0 aliphatic rings. The molecule has 0 saturated heterocycles. The molecule has 3 N–H and O–H groups in total. The fraction of sp³-hybridized carbons (Fsp3) is 0.647. The highest BCUT2D eigenvalue weighted by atomic mass is 127. The molecule has 0 radical (unpaired) electrons. The van der Waals surface area contributed by atoms with E-state index in [-0.39, 0.29) is 36.1 Å². The second-order valence-corrected chi connectivity index (χ2v) is 6.88. The third-order valence-electron chi connectivity index (χ3n) is 3.19. The third-order valence-corrected chi connectivity index (χ3v) is 4.05. The lowest BCUT2D eigenvalue weighted by Gasteiger charge is -2.22. The molecule has 6 nitrogen and oxygen atoms in total. The van der Waals surface area contributed by atoms with Gasteiger partial charge in [-0.25, -0.2) is 9.79 Å². The highest BCUT2D eigenvalue weighted by Crippen LogP contribution is 2.09. The molecule has 1 aromatic heterocycles. The van der Waals surface area contributed by atoms with E-state index in [0.29, 0.717) is 25.6 Å². The molecule has 1 rings (SSSR count). The summed E-state index contributed by atoms with van der Waals surface area (Å²) in [6.45, 7) is 10.5. The normalized spacial score (nSPS) is 12.3. The van der Waals surface area contributed by atoms with Crippen molar-refractivity contribution in [3.8, 4) is 0 Å². The molecule has 0 aliphatic carbocycles. The predicted octanol–water partition coefficient (Wildman–Crippen LogP) is 3.58. The van der Waals surface area contributed by atoms with Crippen molar-refractivity contribution in [3.05, 3.63) is 22.4 Å². The van der Waals surface area contributed by atoms with Crippen LogP contribution in [0.1, 0.15) is 39.0 Å². The number of amides is 1. The van der Waals surface area contributed by atoms with Gasteiger partial charge >= 0.3 is 6.09 Å². The Hall–Kier alpha value is -1.03. The number of guanidine groups is 1. The van der Waals surface area contributed by atoms with Crippen LogP contribution in [0.15, 0.2) is 22.5 Å². The van der Waals surface area contributed by atoms with Crippen molar-refractivity contribution in [1.82, 2.24) is 16.0 Å². The van der Waals surface area contributed by atoms with E-state index in [1.54, 1.807) is 18.3 Å². The van der Waals surface area contributed by atoms with E-state index in [1.165, 1.54) is 4.88 Å². The Balaban J connectivity index is 0.00000576. The fourth-order valence-corrected chi connectivity index (χ4v) is 2.85. The van der Waals surface area contributed by atoms with Gasteiger partial charge in [0.2, 0.25) is 0 Å². The van der Waals surface area contributed by atoms with E-state index in [4.69, 9.17) is 4.74 Å². The molecule has 0 spiro atoms. The number of hydrogen-bond acceptors (Lipinski definition) is 4. The number of thiophene rings is 1. The highest BCUT2D eigenvalue weighted by Gasteiger charge is 2.15. The first-order valence-corrected chi connectivity index (χ1v) is 9.40. The number of aliphatic imine (C=N–C) groups is 1. The molecule has 1 amide bonds. The molecule has 0 fully saturated rings. The second-order valence-electron chi connectivity index (χ2n) is 5.85. The maximum absolute atomic E-state index is 11.7. The van der Waals surface area contributed by atoms with Gasteiger partial charge in [-0.3, -0.25) is 0 Å². The summed E-state index contributed by atoms with van der Waals surface area (Å²) < 4.78 is 4.98. The van der Waals surface area contributed by atoms with Gasteiger partial charge in [0.1, 0.15) is 0 Å². The van der Waals surface area contributed by atoms with E-state index in [1.807, 2.05) is 18.4 Å². The minimum atomic E-state index is -0.370. The second kappa shape index (κ2) is 14.2. The molecular weight excluding hydrogens is 451 g/mol. The Labute approximate surface area is 172 Å². The monoisotopic (exact) mass is 482 g/mol. The van der Waals surface area contributed by atoms with Crippen LogP contribution < -0.4 is 16.0 Å². The molecule has 0 aromatic carbocycles. The molecule has 8 heteroatoms. The minimum absolute atomic E-state index is 0. The van der Waals surface area contributed by atoms with Crippen molar-refractivity contribution in [2.45, 2.75) is 46.7 Å². The van der Waals surface area contributed by atoms with Crippen LogP contribution in [0, 0.1) is 5.92 Å². The van der Waals surface area contributed by atoms with Gasteiger partial charge in [0.05, 0.1) is 13.2 Å². The first-order chi connectivity index (χ1) is 11.5. The summed E-state index contributed by atoms with van der Waals surface area (Å²) in [5.41, 5.74) is 0. The first kappa shape index (κ1) is 24.0. The Bertz CT molecular complexity index is 495. The van der Waals surface area contributed by atoms with Gasteiger partial charge in [-0.2, -0.15) is 0 Å². The zero-order chi connectivity index (χ0) is 17.8. The van der Waals surface area contributed by atoms with Gasteiger partial charge < -0.3 is 20.7 Å². The average molecular weight is 482 g/mol. The van der Waals surface area contributed by atoms with Crippen molar-refractivity contribution < 1.29 is 9.53 Å². The number of nitrogens with zero attached hydrogens (tertiary/aromatic N) is 1. The van der Waals surface area contributed by atoms with Crippen molar-refractivity contribution in [1.29, 1.82) is 0 Å². The summed E-state index contributed by atoms with van der Waals surface area (Å²) >= 11 is 1.69. The lowest BCUT2D eigenvalue weighted by molar-refractivity contribution is 0.146. The molecule has 0 bridgehead atoms. The summed E-state index contributed by atoms with van der Waals surface area (Å²) in [6, 6.07) is 4.09. The average Bonchev–Trinajstić information content (AvgIpc) is 3.03. The van der Waals surface area contributed by atoms with E-state index >= 15 is 0 Å². The standard InChI is InChI=1S/C17H30N4O2S.HI/c1-5-18-16(20-12-15-8-7-9-24-15)19-11-14(10-13(3)4)21-17(22)23-6-2;/h7-9,13-14H,5-6,10-12H2,1-4H3,(H,21,22)(H2,18,19,20);1H. The number of rotatable bonds is 9. The number of alkyl carbamates (subject to hydrolysis) is 1. The lowest BCUT2D eigenvalue weighted by atomic mass is 10.0. The summed E-state index contributed by atoms with van der Waals surface area (Å²) in [7, 11) is 0. The maximum atomic E-state index is 11.7. The first-order valence-electron chi connectivity index (χ1n) is 8.52. The maximum Gasteiger partial charge on any atom is 0.407 e. The van der Waals surface area contributed by atoms with Crippen LogP contribution >= 0.6 is 35.3 Å². The Kier molecular flexibility index (Phi) is 13.6. The van der Waals surface area contributed by atoms with Gasteiger partial charge in [-0.1, -0.05) is 19.9 Å². The van der Waals surface area contributed by atoms with Crippen LogP contribution in [0.4, 0.5) is 4.79 Å². The molecule has 1 heterocycles. The lowest BCUT2D eigenvalue weighted by Crippen LogP contribution is -2.47. The Morgan fingerprint density at radius 3 is 2.64 bits per heavy atom. The SMILES string of the molecule is CCNC(=NCc1cccs1)NCC(CC(C)C)NC(=O)OCC.I. The van der Waals surface area contributed by atoms with Gasteiger partial charge in [-0.05, 0) is 37.6 Å². The summed E-state index contributed by atoms with van der Waals surface area (Å²) in [5.74, 6) is 1.23. The van der Waals surface area contributed by atoms with Crippen LogP contribution in [0.5, 0.6) is 0 Å². The number of carbonyl (C=O) groups is 1. The quantitative estimate of drug-likeness (QED) is 0.286. The smallest absolute Gasteiger partial charge is 0.407 e. The van der Waals surface area contributed by atoms with Crippen LogP contribution in [0.3, 0.4) is 0 Å². The van der Waals surface area contributed by atoms with Gasteiger partial charge in [0, 0.05) is 24.0 Å². The Morgan fingerprint density at radius 1 is 1.32 bits per heavy atom. The molecule has 25 heavy (non-hydrogen) atoms. The summed E-state index contributed by atoms with van der Waals surface area (Å²) in [4.78, 5) is 17.5.